The molecule has 1 rings (SSSR count). The van der Waals surface area contributed by atoms with E-state index in [0.717, 1.165) is 26.2 Å². The Labute approximate surface area is 120 Å². The van der Waals surface area contributed by atoms with Gasteiger partial charge in [0, 0.05) is 31.9 Å². The normalized spacial score (nSPS) is 17.3. The number of hydrogen-bond donors (Lipinski definition) is 0. The minimum atomic E-state index is 1.11. The number of piperazine rings is 1. The van der Waals surface area contributed by atoms with Gasteiger partial charge >= 0.3 is 0 Å². The van der Waals surface area contributed by atoms with Crippen molar-refractivity contribution >= 4 is 0 Å². The van der Waals surface area contributed by atoms with Crippen molar-refractivity contribution in [2.45, 2.75) is 40.0 Å². The first kappa shape index (κ1) is 18.0. The van der Waals surface area contributed by atoms with E-state index in [-0.39, 0.29) is 0 Å². The third-order valence-corrected chi connectivity index (χ3v) is 3.20. The highest BCUT2D eigenvalue weighted by Crippen LogP contribution is 2.10. The van der Waals surface area contributed by atoms with Gasteiger partial charge in [-0.25, -0.2) is 0 Å². The molecule has 19 heavy (non-hydrogen) atoms. The highest BCUT2D eigenvalue weighted by molar-refractivity contribution is 5.21. The molecule has 0 atom stereocenters. The lowest BCUT2D eigenvalue weighted by molar-refractivity contribution is 0.190. The molecule has 1 aliphatic rings. The Morgan fingerprint density at radius 1 is 1.16 bits per heavy atom. The van der Waals surface area contributed by atoms with Crippen LogP contribution in [0.2, 0.25) is 0 Å². The number of hydrogen-bond acceptors (Lipinski definition) is 2. The van der Waals surface area contributed by atoms with Crippen LogP contribution in [-0.4, -0.2) is 43.0 Å². The van der Waals surface area contributed by atoms with E-state index in [1.165, 1.54) is 25.0 Å². The average Bonchev–Trinajstić information content (AvgIpc) is 2.46. The number of allylic oxidation sites excluding steroid dienone is 4. The fourth-order valence-electron chi connectivity index (χ4n) is 1.95. The summed E-state index contributed by atoms with van der Waals surface area (Å²) in [6, 6.07) is 0. The van der Waals surface area contributed by atoms with Gasteiger partial charge < -0.3 is 9.80 Å². The molecule has 0 aromatic rings. The Morgan fingerprint density at radius 3 is 2.32 bits per heavy atom. The van der Waals surface area contributed by atoms with E-state index in [1.807, 2.05) is 19.9 Å². The minimum absolute atomic E-state index is 1.11. The van der Waals surface area contributed by atoms with Gasteiger partial charge in [-0.05, 0) is 25.6 Å². The molecule has 0 N–H and O–H groups in total. The standard InChI is InChI=1S/C15H26N2.C2H6/c1-4-6-7-8-9-10-15(5-2)17-13-11-16(3)12-14-17;1-2/h5,8-10H,2,4,6-7,11-14H2,1,3H3;1-2H3/b9-8-,15-10+;. The van der Waals surface area contributed by atoms with Gasteiger partial charge in [-0.2, -0.15) is 0 Å². The molecule has 2 heteroatoms. The van der Waals surface area contributed by atoms with E-state index in [9.17, 15) is 0 Å². The second kappa shape index (κ2) is 12.0. The van der Waals surface area contributed by atoms with E-state index in [0.29, 0.717) is 0 Å². The molecule has 2 nitrogen and oxygen atoms in total. The van der Waals surface area contributed by atoms with Crippen LogP contribution in [0.15, 0.2) is 36.6 Å². The number of unbranched alkanes of at least 4 members (excludes halogenated alkanes) is 2. The molecule has 1 saturated heterocycles. The van der Waals surface area contributed by atoms with Crippen LogP contribution in [0.1, 0.15) is 40.0 Å². The van der Waals surface area contributed by atoms with Crippen molar-refractivity contribution in [1.29, 1.82) is 0 Å². The Balaban J connectivity index is 0.00000154. The van der Waals surface area contributed by atoms with Crippen molar-refractivity contribution in [2.24, 2.45) is 0 Å². The molecule has 0 unspecified atom stereocenters. The summed E-state index contributed by atoms with van der Waals surface area (Å²) in [6.45, 7) is 14.6. The molecule has 1 aliphatic heterocycles. The molecule has 0 radical (unpaired) electrons. The van der Waals surface area contributed by atoms with Gasteiger partial charge in [-0.3, -0.25) is 0 Å². The molecule has 0 aliphatic carbocycles. The summed E-state index contributed by atoms with van der Waals surface area (Å²) in [4.78, 5) is 4.78. The van der Waals surface area contributed by atoms with E-state index < -0.39 is 0 Å². The topological polar surface area (TPSA) is 6.48 Å². The van der Waals surface area contributed by atoms with Crippen LogP contribution in [0.3, 0.4) is 0 Å². The molecule has 0 amide bonds. The third kappa shape index (κ3) is 7.89. The fraction of sp³-hybridized carbons (Fsp3) is 0.647. The van der Waals surface area contributed by atoms with Crippen molar-refractivity contribution in [3.63, 3.8) is 0 Å². The first-order valence-corrected chi connectivity index (χ1v) is 7.70. The summed E-state index contributed by atoms with van der Waals surface area (Å²) in [7, 11) is 2.18. The highest BCUT2D eigenvalue weighted by Gasteiger charge is 2.13. The maximum atomic E-state index is 3.91. The lowest BCUT2D eigenvalue weighted by Crippen LogP contribution is -2.43. The van der Waals surface area contributed by atoms with Gasteiger partial charge in [-0.15, -0.1) is 0 Å². The van der Waals surface area contributed by atoms with Gasteiger partial charge in [-0.1, -0.05) is 52.3 Å². The van der Waals surface area contributed by atoms with Crippen LogP contribution in [0.5, 0.6) is 0 Å². The lowest BCUT2D eigenvalue weighted by atomic mass is 10.2. The zero-order valence-corrected chi connectivity index (χ0v) is 13.4. The zero-order valence-electron chi connectivity index (χ0n) is 13.4. The molecule has 0 saturated carbocycles. The summed E-state index contributed by atoms with van der Waals surface area (Å²) in [5.41, 5.74) is 1.26. The maximum absolute atomic E-state index is 3.91. The van der Waals surface area contributed by atoms with Gasteiger partial charge in [0.2, 0.25) is 0 Å². The molecule has 1 heterocycles. The van der Waals surface area contributed by atoms with Crippen LogP contribution in [0, 0.1) is 0 Å². The summed E-state index contributed by atoms with van der Waals surface area (Å²) in [6.07, 6.45) is 12.3. The van der Waals surface area contributed by atoms with Crippen molar-refractivity contribution in [3.8, 4) is 0 Å². The van der Waals surface area contributed by atoms with Crippen LogP contribution in [0.25, 0.3) is 0 Å². The summed E-state index contributed by atoms with van der Waals surface area (Å²) < 4.78 is 0. The van der Waals surface area contributed by atoms with Gasteiger partial charge in [0.05, 0.1) is 0 Å². The Hall–Kier alpha value is -1.02. The smallest absolute Gasteiger partial charge is 0.0361 e. The monoisotopic (exact) mass is 264 g/mol. The van der Waals surface area contributed by atoms with Crippen molar-refractivity contribution in [2.75, 3.05) is 33.2 Å². The summed E-state index contributed by atoms with van der Waals surface area (Å²) >= 11 is 0. The zero-order chi connectivity index (χ0) is 14.5. The molecular weight excluding hydrogens is 232 g/mol. The Morgan fingerprint density at radius 2 is 1.79 bits per heavy atom. The molecule has 1 fully saturated rings. The first-order valence-electron chi connectivity index (χ1n) is 7.70. The van der Waals surface area contributed by atoms with Crippen molar-refractivity contribution in [3.05, 3.63) is 36.6 Å². The van der Waals surface area contributed by atoms with E-state index in [4.69, 9.17) is 0 Å². The van der Waals surface area contributed by atoms with E-state index >= 15 is 0 Å². The predicted octanol–water partition coefficient (Wildman–Crippen LogP) is 4.08. The van der Waals surface area contributed by atoms with E-state index in [2.05, 4.69) is 48.6 Å². The van der Waals surface area contributed by atoms with Crippen molar-refractivity contribution in [1.82, 2.24) is 9.80 Å². The highest BCUT2D eigenvalue weighted by atomic mass is 15.2. The fourth-order valence-corrected chi connectivity index (χ4v) is 1.95. The van der Waals surface area contributed by atoms with Crippen LogP contribution in [0.4, 0.5) is 0 Å². The second-order valence-corrected chi connectivity index (χ2v) is 4.66. The maximum Gasteiger partial charge on any atom is 0.0361 e. The van der Waals surface area contributed by atoms with Crippen LogP contribution < -0.4 is 0 Å². The third-order valence-electron chi connectivity index (χ3n) is 3.20. The van der Waals surface area contributed by atoms with Crippen LogP contribution >= 0.6 is 0 Å². The molecule has 0 aromatic heterocycles. The van der Waals surface area contributed by atoms with E-state index in [1.54, 1.807) is 0 Å². The molecule has 0 bridgehead atoms. The minimum Gasteiger partial charge on any atom is -0.369 e. The average molecular weight is 264 g/mol. The second-order valence-electron chi connectivity index (χ2n) is 4.66. The lowest BCUT2D eigenvalue weighted by Gasteiger charge is -2.34. The van der Waals surface area contributed by atoms with Crippen LogP contribution in [-0.2, 0) is 0 Å². The van der Waals surface area contributed by atoms with Gasteiger partial charge in [0.1, 0.15) is 0 Å². The van der Waals surface area contributed by atoms with Gasteiger partial charge in [0.15, 0.2) is 0 Å². The number of nitrogens with zero attached hydrogens (tertiary/aromatic N) is 2. The predicted molar refractivity (Wildman–Crippen MR) is 87.4 cm³/mol. The SMILES string of the molecule is C=C/C(=C\C=C/CCCC)N1CCN(C)CC1.CC. The quantitative estimate of drug-likeness (QED) is 0.527. The molecular formula is C17H32N2. The summed E-state index contributed by atoms with van der Waals surface area (Å²) in [5, 5.41) is 0. The number of rotatable bonds is 6. The first-order chi connectivity index (χ1) is 9.27. The molecule has 0 aromatic carbocycles. The number of likely N-dealkylation sites (N-methyl/N-ethyl adjacent to an activating group) is 1. The summed E-state index contributed by atoms with van der Waals surface area (Å²) in [5.74, 6) is 0. The Kier molecular flexibility index (Phi) is 11.4. The largest absolute Gasteiger partial charge is 0.369 e. The van der Waals surface area contributed by atoms with Crippen molar-refractivity contribution < 1.29 is 0 Å². The molecule has 110 valence electrons. The van der Waals surface area contributed by atoms with Gasteiger partial charge in [0.25, 0.3) is 0 Å². The molecule has 0 spiro atoms. The Bertz CT molecular complexity index is 271.